The first-order chi connectivity index (χ1) is 11.6. The number of carboxylic acid groups (broad SMARTS) is 1. The Bertz CT molecular complexity index is 757. The summed E-state index contributed by atoms with van der Waals surface area (Å²) in [5, 5.41) is 9.98. The predicted octanol–water partition coefficient (Wildman–Crippen LogP) is 2.59. The van der Waals surface area contributed by atoms with Crippen molar-refractivity contribution in [2.45, 2.75) is 43.9 Å². The second-order valence-corrected chi connectivity index (χ2v) is 7.30. The molecule has 3 atom stereocenters. The van der Waals surface area contributed by atoms with Crippen LogP contribution < -0.4 is 0 Å². The van der Waals surface area contributed by atoms with Crippen molar-refractivity contribution in [2.24, 2.45) is 0 Å². The van der Waals surface area contributed by atoms with E-state index in [1.54, 1.807) is 11.3 Å². The van der Waals surface area contributed by atoms with Crippen LogP contribution in [0.3, 0.4) is 0 Å². The second kappa shape index (κ2) is 6.14. The van der Waals surface area contributed by atoms with Crippen LogP contribution in [0.15, 0.2) is 24.3 Å². The average molecular weight is 346 g/mol. The van der Waals surface area contributed by atoms with Gasteiger partial charge in [0.1, 0.15) is 11.1 Å². The molecule has 1 amide bonds. The van der Waals surface area contributed by atoms with Crippen molar-refractivity contribution in [1.82, 2.24) is 9.88 Å². The van der Waals surface area contributed by atoms with E-state index in [2.05, 4.69) is 4.98 Å². The lowest BCUT2D eigenvalue weighted by molar-refractivity contribution is -0.155. The zero-order valence-electron chi connectivity index (χ0n) is 13.1. The zero-order valence-corrected chi connectivity index (χ0v) is 13.9. The highest BCUT2D eigenvalue weighted by atomic mass is 32.1. The van der Waals surface area contributed by atoms with Crippen LogP contribution in [-0.2, 0) is 14.3 Å². The molecule has 2 aliphatic heterocycles. The maximum absolute atomic E-state index is 12.8. The Morgan fingerprint density at radius 2 is 2.00 bits per heavy atom. The van der Waals surface area contributed by atoms with Crippen molar-refractivity contribution in [3.63, 3.8) is 0 Å². The number of thiazole rings is 1. The zero-order chi connectivity index (χ0) is 16.7. The number of carboxylic acids is 1. The van der Waals surface area contributed by atoms with E-state index in [-0.39, 0.29) is 11.9 Å². The molecule has 1 N–H and O–H groups in total. The fraction of sp³-hybridized carbons (Fsp3) is 0.471. The third-order valence-electron chi connectivity index (χ3n) is 4.70. The number of fused-ring (bicyclic) bond motifs is 1. The highest BCUT2D eigenvalue weighted by Crippen LogP contribution is 2.37. The van der Waals surface area contributed by atoms with Crippen molar-refractivity contribution >= 4 is 33.4 Å². The van der Waals surface area contributed by atoms with E-state index in [9.17, 15) is 9.59 Å². The monoisotopic (exact) mass is 346 g/mol. The van der Waals surface area contributed by atoms with E-state index in [1.165, 1.54) is 0 Å². The quantitative estimate of drug-likeness (QED) is 0.924. The topological polar surface area (TPSA) is 79.7 Å². The highest BCUT2D eigenvalue weighted by molar-refractivity contribution is 7.18. The lowest BCUT2D eigenvalue weighted by Gasteiger charge is -2.25. The SMILES string of the molecule is O=C(O)[C@H]1CC[C@@H](C(=O)N2CCCC2c2nc3ccccc3s2)O1. The summed E-state index contributed by atoms with van der Waals surface area (Å²) < 4.78 is 6.55. The van der Waals surface area contributed by atoms with Gasteiger partial charge in [0.25, 0.3) is 5.91 Å². The van der Waals surface area contributed by atoms with Gasteiger partial charge in [-0.15, -0.1) is 11.3 Å². The van der Waals surface area contributed by atoms with Gasteiger partial charge in [0.2, 0.25) is 0 Å². The molecular formula is C17H18N2O4S. The summed E-state index contributed by atoms with van der Waals surface area (Å²) in [4.78, 5) is 30.3. The molecule has 3 heterocycles. The van der Waals surface area contributed by atoms with E-state index < -0.39 is 18.2 Å². The molecule has 0 bridgehead atoms. The molecule has 2 saturated heterocycles. The van der Waals surface area contributed by atoms with E-state index in [4.69, 9.17) is 9.84 Å². The first-order valence-electron chi connectivity index (χ1n) is 8.17. The minimum atomic E-state index is -0.991. The molecule has 0 spiro atoms. The molecule has 2 aliphatic rings. The summed E-state index contributed by atoms with van der Waals surface area (Å²) in [6.07, 6.45) is 1.19. The molecule has 1 aromatic carbocycles. The number of ether oxygens (including phenoxy) is 1. The largest absolute Gasteiger partial charge is 0.479 e. The lowest BCUT2D eigenvalue weighted by Crippen LogP contribution is -2.39. The predicted molar refractivity (Wildman–Crippen MR) is 88.8 cm³/mol. The number of carbonyl (C=O) groups excluding carboxylic acids is 1. The smallest absolute Gasteiger partial charge is 0.332 e. The van der Waals surface area contributed by atoms with E-state index in [1.807, 2.05) is 29.2 Å². The summed E-state index contributed by atoms with van der Waals surface area (Å²) in [6.45, 7) is 0.678. The third kappa shape index (κ3) is 2.67. The Kier molecular flexibility index (Phi) is 3.97. The molecule has 126 valence electrons. The Labute approximate surface area is 143 Å². The van der Waals surface area contributed by atoms with Gasteiger partial charge in [-0.25, -0.2) is 9.78 Å². The number of aromatic nitrogens is 1. The van der Waals surface area contributed by atoms with E-state index in [0.717, 1.165) is 28.1 Å². The van der Waals surface area contributed by atoms with Crippen molar-refractivity contribution in [3.05, 3.63) is 29.3 Å². The van der Waals surface area contributed by atoms with Crippen LogP contribution >= 0.6 is 11.3 Å². The van der Waals surface area contributed by atoms with Crippen LogP contribution in [0.1, 0.15) is 36.7 Å². The molecule has 0 aliphatic carbocycles. The van der Waals surface area contributed by atoms with Gasteiger partial charge in [0.05, 0.1) is 16.3 Å². The summed E-state index contributed by atoms with van der Waals surface area (Å²) in [5.41, 5.74) is 0.958. The average Bonchev–Trinajstić information content (AvgIpc) is 3.30. The number of benzene rings is 1. The fourth-order valence-electron chi connectivity index (χ4n) is 3.51. The number of hydrogen-bond donors (Lipinski definition) is 1. The van der Waals surface area contributed by atoms with Crippen LogP contribution in [0, 0.1) is 0 Å². The summed E-state index contributed by atoms with van der Waals surface area (Å²) >= 11 is 1.62. The van der Waals surface area contributed by atoms with Crippen molar-refractivity contribution in [1.29, 1.82) is 0 Å². The summed E-state index contributed by atoms with van der Waals surface area (Å²) in [7, 11) is 0. The third-order valence-corrected chi connectivity index (χ3v) is 5.84. The van der Waals surface area contributed by atoms with Gasteiger partial charge in [0.15, 0.2) is 6.10 Å². The molecule has 4 rings (SSSR count). The number of aliphatic carboxylic acids is 1. The second-order valence-electron chi connectivity index (χ2n) is 6.24. The van der Waals surface area contributed by atoms with Gasteiger partial charge in [-0.1, -0.05) is 12.1 Å². The molecule has 1 unspecified atom stereocenters. The van der Waals surface area contributed by atoms with Gasteiger partial charge in [-0.2, -0.15) is 0 Å². The maximum atomic E-state index is 12.8. The molecule has 6 nitrogen and oxygen atoms in total. The lowest BCUT2D eigenvalue weighted by atomic mass is 10.1. The molecule has 7 heteroatoms. The minimum absolute atomic E-state index is 0.0256. The van der Waals surface area contributed by atoms with Crippen molar-refractivity contribution < 1.29 is 19.4 Å². The van der Waals surface area contributed by atoms with Crippen LogP contribution in [0.25, 0.3) is 10.2 Å². The van der Waals surface area contributed by atoms with Crippen LogP contribution in [0.2, 0.25) is 0 Å². The first-order valence-corrected chi connectivity index (χ1v) is 8.99. The maximum Gasteiger partial charge on any atom is 0.332 e. The Balaban J connectivity index is 1.54. The van der Waals surface area contributed by atoms with Crippen molar-refractivity contribution in [3.8, 4) is 0 Å². The summed E-state index contributed by atoms with van der Waals surface area (Å²) in [6, 6.07) is 7.94. The highest BCUT2D eigenvalue weighted by Gasteiger charge is 2.41. The van der Waals surface area contributed by atoms with Gasteiger partial charge in [-0.05, 0) is 37.8 Å². The number of hydrogen-bond acceptors (Lipinski definition) is 5. The minimum Gasteiger partial charge on any atom is -0.479 e. The first kappa shape index (κ1) is 15.5. The molecule has 1 aromatic heterocycles. The van der Waals surface area contributed by atoms with E-state index in [0.29, 0.717) is 19.4 Å². The normalized spacial score (nSPS) is 27.0. The number of carbonyl (C=O) groups is 2. The van der Waals surface area contributed by atoms with Crippen molar-refractivity contribution in [2.75, 3.05) is 6.54 Å². The van der Waals surface area contributed by atoms with Gasteiger partial charge < -0.3 is 14.7 Å². The fourth-order valence-corrected chi connectivity index (χ4v) is 4.62. The molecule has 0 saturated carbocycles. The number of para-hydroxylation sites is 1. The molecule has 0 radical (unpaired) electrons. The number of rotatable bonds is 3. The molecule has 2 aromatic rings. The molecule has 2 fully saturated rings. The molecular weight excluding hydrogens is 328 g/mol. The number of nitrogens with zero attached hydrogens (tertiary/aromatic N) is 2. The number of amides is 1. The Hall–Kier alpha value is -1.99. The standard InChI is InChI=1S/C17H18N2O4S/c20-16(12-7-8-13(23-12)17(21)22)19-9-3-5-11(19)15-18-10-4-1-2-6-14(10)24-15/h1-2,4,6,11-13H,3,5,7-9H2,(H,21,22)/t11?,12-,13+/m0/s1. The van der Waals surface area contributed by atoms with Gasteiger partial charge in [0, 0.05) is 6.54 Å². The number of likely N-dealkylation sites (tertiary alicyclic amines) is 1. The Morgan fingerprint density at radius 1 is 1.21 bits per heavy atom. The van der Waals surface area contributed by atoms with Crippen LogP contribution in [-0.4, -0.2) is 45.6 Å². The van der Waals surface area contributed by atoms with Gasteiger partial charge >= 0.3 is 5.97 Å². The van der Waals surface area contributed by atoms with E-state index >= 15 is 0 Å². The molecule has 24 heavy (non-hydrogen) atoms. The van der Waals surface area contributed by atoms with Gasteiger partial charge in [-0.3, -0.25) is 4.79 Å². The summed E-state index contributed by atoms with van der Waals surface area (Å²) in [5.74, 6) is -1.09. The van der Waals surface area contributed by atoms with Crippen LogP contribution in [0.5, 0.6) is 0 Å². The Morgan fingerprint density at radius 3 is 2.75 bits per heavy atom. The van der Waals surface area contributed by atoms with Crippen LogP contribution in [0.4, 0.5) is 0 Å².